The summed E-state index contributed by atoms with van der Waals surface area (Å²) in [6.45, 7) is 1.02. The standard InChI is InChI=1S/C18H26N4O6S/c1-20-16(24)5-7-22(18(20)26)13-17(25)21-6-3-10-29(27,11-8-21)19-15(23)12-14-4-2-9-28-14/h5,7,14H,2-4,6,8-13H2,1H3. The van der Waals surface area contributed by atoms with Crippen LogP contribution in [0.5, 0.6) is 0 Å². The lowest BCUT2D eigenvalue weighted by molar-refractivity contribution is -0.131. The minimum absolute atomic E-state index is 0.123. The van der Waals surface area contributed by atoms with Gasteiger partial charge in [0.1, 0.15) is 6.54 Å². The minimum atomic E-state index is -2.72. The van der Waals surface area contributed by atoms with Crippen LogP contribution in [0.3, 0.4) is 0 Å². The van der Waals surface area contributed by atoms with Crippen LogP contribution in [0, 0.1) is 0 Å². The summed E-state index contributed by atoms with van der Waals surface area (Å²) in [5.41, 5.74) is -1.01. The molecule has 2 saturated heterocycles. The molecule has 0 radical (unpaired) electrons. The average Bonchev–Trinajstić information content (AvgIpc) is 3.09. The lowest BCUT2D eigenvalue weighted by Gasteiger charge is -2.20. The van der Waals surface area contributed by atoms with Crippen molar-refractivity contribution in [2.75, 3.05) is 31.2 Å². The summed E-state index contributed by atoms with van der Waals surface area (Å²) >= 11 is 0. The molecule has 29 heavy (non-hydrogen) atoms. The Balaban J connectivity index is 1.63. The normalized spacial score (nSPS) is 24.9. The first-order chi connectivity index (χ1) is 13.8. The van der Waals surface area contributed by atoms with Crippen molar-refractivity contribution >= 4 is 21.5 Å². The highest BCUT2D eigenvalue weighted by Gasteiger charge is 2.25. The van der Waals surface area contributed by atoms with E-state index in [4.69, 9.17) is 4.74 Å². The van der Waals surface area contributed by atoms with E-state index in [1.54, 1.807) is 0 Å². The number of ether oxygens (including phenoxy) is 1. The van der Waals surface area contributed by atoms with Crippen molar-refractivity contribution in [1.29, 1.82) is 0 Å². The maximum atomic E-state index is 13.0. The summed E-state index contributed by atoms with van der Waals surface area (Å²) in [6, 6.07) is 1.22. The third-order valence-electron chi connectivity index (χ3n) is 5.18. The summed E-state index contributed by atoms with van der Waals surface area (Å²) in [5, 5.41) is 0. The first kappa shape index (κ1) is 21.4. The van der Waals surface area contributed by atoms with Crippen LogP contribution in [-0.2, 0) is 37.6 Å². The second-order valence-electron chi connectivity index (χ2n) is 7.36. The number of aromatic nitrogens is 2. The van der Waals surface area contributed by atoms with Crippen molar-refractivity contribution < 1.29 is 18.5 Å². The molecule has 0 N–H and O–H groups in total. The molecule has 10 nitrogen and oxygen atoms in total. The van der Waals surface area contributed by atoms with Crippen molar-refractivity contribution in [3.8, 4) is 0 Å². The van der Waals surface area contributed by atoms with E-state index in [9.17, 15) is 23.4 Å². The SMILES string of the molecule is Cn1c(=O)ccn(CC(=O)N2CCCS(=O)(=NC(=O)CC3CCCO3)CC2)c1=O. The van der Waals surface area contributed by atoms with E-state index in [-0.39, 0.29) is 43.0 Å². The lowest BCUT2D eigenvalue weighted by Crippen LogP contribution is -2.42. The molecule has 3 rings (SSSR count). The number of carbonyl (C=O) groups excluding carboxylic acids is 2. The molecule has 2 unspecified atom stereocenters. The fourth-order valence-electron chi connectivity index (χ4n) is 3.49. The van der Waals surface area contributed by atoms with Crippen molar-refractivity contribution in [1.82, 2.24) is 14.0 Å². The van der Waals surface area contributed by atoms with Crippen LogP contribution in [0.4, 0.5) is 0 Å². The molecule has 3 heterocycles. The summed E-state index contributed by atoms with van der Waals surface area (Å²) in [4.78, 5) is 49.9. The lowest BCUT2D eigenvalue weighted by atomic mass is 10.2. The molecule has 0 aromatic carbocycles. The molecule has 2 aliphatic heterocycles. The molecule has 160 valence electrons. The highest BCUT2D eigenvalue weighted by Crippen LogP contribution is 2.17. The molecular weight excluding hydrogens is 400 g/mol. The van der Waals surface area contributed by atoms with Crippen LogP contribution < -0.4 is 11.2 Å². The molecule has 0 bridgehead atoms. The van der Waals surface area contributed by atoms with Gasteiger partial charge in [-0.15, -0.1) is 0 Å². The predicted molar refractivity (Wildman–Crippen MR) is 106 cm³/mol. The van der Waals surface area contributed by atoms with E-state index >= 15 is 0 Å². The molecule has 2 aliphatic rings. The number of hydrogen-bond donors (Lipinski definition) is 0. The van der Waals surface area contributed by atoms with Gasteiger partial charge in [-0.1, -0.05) is 0 Å². The zero-order chi connectivity index (χ0) is 21.0. The molecule has 2 amide bonds. The van der Waals surface area contributed by atoms with E-state index in [1.165, 1.54) is 28.8 Å². The minimum Gasteiger partial charge on any atom is -0.378 e. The fraction of sp³-hybridized carbons (Fsp3) is 0.667. The Morgan fingerprint density at radius 1 is 1.24 bits per heavy atom. The number of amides is 2. The zero-order valence-electron chi connectivity index (χ0n) is 16.4. The highest BCUT2D eigenvalue weighted by atomic mass is 32.2. The summed E-state index contributed by atoms with van der Waals surface area (Å²) in [5.74, 6) is -0.329. The Labute approximate surface area is 168 Å². The second kappa shape index (κ2) is 9.04. The van der Waals surface area contributed by atoms with Gasteiger partial charge in [0, 0.05) is 50.5 Å². The molecule has 1 aromatic heterocycles. The van der Waals surface area contributed by atoms with Gasteiger partial charge in [0.2, 0.25) is 5.91 Å². The first-order valence-electron chi connectivity index (χ1n) is 9.69. The van der Waals surface area contributed by atoms with E-state index in [2.05, 4.69) is 4.36 Å². The Morgan fingerprint density at radius 2 is 2.03 bits per heavy atom. The first-order valence-corrected chi connectivity index (χ1v) is 11.5. The Bertz CT molecular complexity index is 1010. The number of hydrogen-bond acceptors (Lipinski definition) is 6. The maximum absolute atomic E-state index is 13.0. The van der Waals surface area contributed by atoms with E-state index in [0.717, 1.165) is 17.4 Å². The summed E-state index contributed by atoms with van der Waals surface area (Å²) < 4.78 is 24.5. The molecule has 11 heteroatoms. The quantitative estimate of drug-likeness (QED) is 0.631. The summed E-state index contributed by atoms with van der Waals surface area (Å²) in [6.07, 6.45) is 3.50. The molecule has 2 atom stereocenters. The molecule has 1 aromatic rings. The van der Waals surface area contributed by atoms with Crippen molar-refractivity contribution in [3.63, 3.8) is 0 Å². The van der Waals surface area contributed by atoms with Crippen molar-refractivity contribution in [2.45, 2.75) is 38.3 Å². The third kappa shape index (κ3) is 5.41. The molecule has 2 fully saturated rings. The van der Waals surface area contributed by atoms with Gasteiger partial charge >= 0.3 is 5.69 Å². The van der Waals surface area contributed by atoms with Gasteiger partial charge in [-0.2, -0.15) is 4.36 Å². The van der Waals surface area contributed by atoms with Gasteiger partial charge in [0.05, 0.1) is 22.3 Å². The van der Waals surface area contributed by atoms with Gasteiger partial charge in [-0.3, -0.25) is 23.5 Å². The van der Waals surface area contributed by atoms with Gasteiger partial charge in [-0.25, -0.2) is 9.00 Å². The zero-order valence-corrected chi connectivity index (χ0v) is 17.3. The second-order valence-corrected chi connectivity index (χ2v) is 9.91. The van der Waals surface area contributed by atoms with Crippen LogP contribution >= 0.6 is 0 Å². The topological polar surface area (TPSA) is 120 Å². The van der Waals surface area contributed by atoms with Crippen molar-refractivity contribution in [3.05, 3.63) is 33.1 Å². The Kier molecular flexibility index (Phi) is 6.68. The largest absolute Gasteiger partial charge is 0.378 e. The fourth-order valence-corrected chi connectivity index (χ4v) is 5.41. The van der Waals surface area contributed by atoms with Crippen LogP contribution in [-0.4, -0.2) is 67.4 Å². The number of rotatable bonds is 4. The van der Waals surface area contributed by atoms with E-state index in [1.807, 2.05) is 0 Å². The third-order valence-corrected chi connectivity index (χ3v) is 7.47. The molecule has 0 spiro atoms. The van der Waals surface area contributed by atoms with Gasteiger partial charge in [0.25, 0.3) is 11.5 Å². The number of nitrogens with zero attached hydrogens (tertiary/aromatic N) is 4. The van der Waals surface area contributed by atoms with Gasteiger partial charge in [-0.05, 0) is 19.3 Å². The maximum Gasteiger partial charge on any atom is 0.331 e. The van der Waals surface area contributed by atoms with Crippen LogP contribution in [0.1, 0.15) is 25.7 Å². The van der Waals surface area contributed by atoms with Crippen molar-refractivity contribution in [2.24, 2.45) is 11.4 Å². The van der Waals surface area contributed by atoms with Gasteiger partial charge < -0.3 is 9.64 Å². The smallest absolute Gasteiger partial charge is 0.331 e. The van der Waals surface area contributed by atoms with Gasteiger partial charge in [0.15, 0.2) is 0 Å². The highest BCUT2D eigenvalue weighted by molar-refractivity contribution is 7.93. The monoisotopic (exact) mass is 426 g/mol. The molecule has 0 saturated carbocycles. The molecular formula is C18H26N4O6S. The Morgan fingerprint density at radius 3 is 2.76 bits per heavy atom. The number of carbonyl (C=O) groups is 2. The van der Waals surface area contributed by atoms with E-state index in [0.29, 0.717) is 19.6 Å². The predicted octanol–water partition coefficient (Wildman–Crippen LogP) is -0.657. The van der Waals surface area contributed by atoms with E-state index < -0.39 is 26.9 Å². The van der Waals surface area contributed by atoms with Crippen LogP contribution in [0.15, 0.2) is 26.2 Å². The van der Waals surface area contributed by atoms with Crippen LogP contribution in [0.25, 0.3) is 0 Å². The summed E-state index contributed by atoms with van der Waals surface area (Å²) in [7, 11) is -1.37. The van der Waals surface area contributed by atoms with Crippen LogP contribution in [0.2, 0.25) is 0 Å². The Hall–Kier alpha value is -2.27. The molecule has 0 aliphatic carbocycles. The average molecular weight is 426 g/mol.